The fraction of sp³-hybridized carbons (Fsp3) is 0.714. The molecule has 3 nitrogen and oxygen atoms in total. The van der Waals surface area contributed by atoms with Gasteiger partial charge in [-0.05, 0) is 20.3 Å². The number of aromatic nitrogens is 3. The predicted octanol–water partition coefficient (Wildman–Crippen LogP) is 1.30. The molecule has 0 bridgehead atoms. The van der Waals surface area contributed by atoms with Crippen molar-refractivity contribution < 1.29 is 0 Å². The van der Waals surface area contributed by atoms with E-state index in [9.17, 15) is 0 Å². The number of hydrogen-bond acceptors (Lipinski definition) is 2. The monoisotopic (exact) mass is 139 g/mol. The minimum absolute atomic E-state index is 0.925. The van der Waals surface area contributed by atoms with Crippen LogP contribution >= 0.6 is 0 Å². The van der Waals surface area contributed by atoms with Gasteiger partial charge < -0.3 is 0 Å². The summed E-state index contributed by atoms with van der Waals surface area (Å²) in [4.78, 5) is 1.75. The molecule has 1 heterocycles. The van der Waals surface area contributed by atoms with Crippen molar-refractivity contribution in [2.24, 2.45) is 0 Å². The van der Waals surface area contributed by atoms with Gasteiger partial charge in [-0.15, -0.1) is 0 Å². The second-order valence-corrected chi connectivity index (χ2v) is 2.47. The van der Waals surface area contributed by atoms with Crippen LogP contribution in [0.3, 0.4) is 0 Å². The summed E-state index contributed by atoms with van der Waals surface area (Å²) >= 11 is 0. The molecular formula is C7H13N3. The zero-order valence-electron chi connectivity index (χ0n) is 6.76. The molecular weight excluding hydrogens is 126 g/mol. The van der Waals surface area contributed by atoms with Gasteiger partial charge in [-0.1, -0.05) is 6.92 Å². The van der Waals surface area contributed by atoms with E-state index in [2.05, 4.69) is 17.1 Å². The quantitative estimate of drug-likeness (QED) is 0.618. The summed E-state index contributed by atoms with van der Waals surface area (Å²) in [5.74, 6) is 0. The van der Waals surface area contributed by atoms with Gasteiger partial charge in [0.2, 0.25) is 0 Å². The second kappa shape index (κ2) is 2.82. The lowest BCUT2D eigenvalue weighted by Gasteiger charge is -1.91. The molecule has 0 atom stereocenters. The van der Waals surface area contributed by atoms with Crippen LogP contribution in [0.25, 0.3) is 0 Å². The van der Waals surface area contributed by atoms with E-state index < -0.39 is 0 Å². The second-order valence-electron chi connectivity index (χ2n) is 2.47. The molecule has 0 saturated carbocycles. The summed E-state index contributed by atoms with van der Waals surface area (Å²) in [6.07, 6.45) is 1.09. The fourth-order valence-corrected chi connectivity index (χ4v) is 0.813. The first kappa shape index (κ1) is 7.25. The molecule has 0 unspecified atom stereocenters. The summed E-state index contributed by atoms with van der Waals surface area (Å²) in [6.45, 7) is 7.01. The van der Waals surface area contributed by atoms with E-state index in [0.29, 0.717) is 0 Å². The van der Waals surface area contributed by atoms with Crippen molar-refractivity contribution >= 4 is 0 Å². The topological polar surface area (TPSA) is 30.7 Å². The van der Waals surface area contributed by atoms with E-state index >= 15 is 0 Å². The average Bonchev–Trinajstić information content (AvgIpc) is 2.14. The number of nitrogens with zero attached hydrogens (tertiary/aromatic N) is 3. The van der Waals surface area contributed by atoms with Crippen LogP contribution in [0, 0.1) is 13.8 Å². The highest BCUT2D eigenvalue weighted by Gasteiger charge is 1.98. The third-order valence-electron chi connectivity index (χ3n) is 1.48. The molecule has 0 N–H and O–H groups in total. The van der Waals surface area contributed by atoms with Gasteiger partial charge in [-0.2, -0.15) is 15.0 Å². The molecule has 0 aromatic carbocycles. The van der Waals surface area contributed by atoms with Crippen molar-refractivity contribution in [1.29, 1.82) is 0 Å². The highest BCUT2D eigenvalue weighted by atomic mass is 15.5. The summed E-state index contributed by atoms with van der Waals surface area (Å²) < 4.78 is 0. The minimum Gasteiger partial charge on any atom is -0.184 e. The van der Waals surface area contributed by atoms with Gasteiger partial charge in [0.05, 0.1) is 17.9 Å². The van der Waals surface area contributed by atoms with Gasteiger partial charge in [-0.25, -0.2) is 0 Å². The van der Waals surface area contributed by atoms with Crippen molar-refractivity contribution in [3.63, 3.8) is 0 Å². The number of rotatable bonds is 2. The van der Waals surface area contributed by atoms with Gasteiger partial charge in [0, 0.05) is 0 Å². The normalized spacial score (nSPS) is 10.3. The molecule has 56 valence electrons. The van der Waals surface area contributed by atoms with E-state index in [0.717, 1.165) is 24.4 Å². The van der Waals surface area contributed by atoms with Crippen LogP contribution in [0.2, 0.25) is 0 Å². The molecule has 1 aromatic heterocycles. The Morgan fingerprint density at radius 3 is 2.10 bits per heavy atom. The van der Waals surface area contributed by atoms with Crippen molar-refractivity contribution in [2.75, 3.05) is 0 Å². The van der Waals surface area contributed by atoms with Crippen molar-refractivity contribution in [1.82, 2.24) is 15.0 Å². The van der Waals surface area contributed by atoms with Crippen LogP contribution in [-0.4, -0.2) is 15.0 Å². The van der Waals surface area contributed by atoms with Gasteiger partial charge in [0.15, 0.2) is 0 Å². The fourth-order valence-electron chi connectivity index (χ4n) is 0.813. The molecule has 0 radical (unpaired) electrons. The first-order valence-electron chi connectivity index (χ1n) is 3.62. The first-order chi connectivity index (χ1) is 4.74. The summed E-state index contributed by atoms with van der Waals surface area (Å²) in [5.41, 5.74) is 2.07. The Kier molecular flexibility index (Phi) is 2.04. The average molecular weight is 139 g/mol. The minimum atomic E-state index is 0.925. The van der Waals surface area contributed by atoms with Crippen LogP contribution in [0.1, 0.15) is 24.7 Å². The van der Waals surface area contributed by atoms with Crippen LogP contribution in [0.15, 0.2) is 0 Å². The largest absolute Gasteiger partial charge is 0.184 e. The third-order valence-corrected chi connectivity index (χ3v) is 1.48. The highest BCUT2D eigenvalue weighted by Crippen LogP contribution is 1.97. The maximum atomic E-state index is 4.21. The lowest BCUT2D eigenvalue weighted by Crippen LogP contribution is -2.00. The van der Waals surface area contributed by atoms with Crippen molar-refractivity contribution in [2.45, 2.75) is 33.7 Å². The Balaban J connectivity index is 2.77. The molecule has 1 rings (SSSR count). The smallest absolute Gasteiger partial charge is 0.0825 e. The van der Waals surface area contributed by atoms with Crippen LogP contribution in [0.4, 0.5) is 0 Å². The molecule has 3 heteroatoms. The lowest BCUT2D eigenvalue weighted by molar-refractivity contribution is 0.524. The SMILES string of the molecule is CCCn1nc(C)c(C)n1. The predicted molar refractivity (Wildman–Crippen MR) is 39.8 cm³/mol. The van der Waals surface area contributed by atoms with Crippen LogP contribution in [0.5, 0.6) is 0 Å². The van der Waals surface area contributed by atoms with Gasteiger partial charge in [0.1, 0.15) is 0 Å². The molecule has 0 saturated heterocycles. The summed E-state index contributed by atoms with van der Waals surface area (Å²) in [7, 11) is 0. The van der Waals surface area contributed by atoms with Gasteiger partial charge >= 0.3 is 0 Å². The highest BCUT2D eigenvalue weighted by molar-refractivity contribution is 5.02. The molecule has 0 spiro atoms. The molecule has 0 aliphatic rings. The summed E-state index contributed by atoms with van der Waals surface area (Å²) in [6, 6.07) is 0. The molecule has 10 heavy (non-hydrogen) atoms. The lowest BCUT2D eigenvalue weighted by atomic mass is 10.4. The third kappa shape index (κ3) is 1.35. The van der Waals surface area contributed by atoms with Gasteiger partial charge in [0.25, 0.3) is 0 Å². The zero-order chi connectivity index (χ0) is 7.56. The Morgan fingerprint density at radius 1 is 1.20 bits per heavy atom. The molecule has 0 aliphatic heterocycles. The van der Waals surface area contributed by atoms with E-state index in [1.165, 1.54) is 0 Å². The maximum Gasteiger partial charge on any atom is 0.0825 e. The maximum absolute atomic E-state index is 4.21. The van der Waals surface area contributed by atoms with Gasteiger partial charge in [-0.3, -0.25) is 0 Å². The van der Waals surface area contributed by atoms with E-state index in [1.807, 2.05) is 13.8 Å². The Bertz CT molecular complexity index is 195. The van der Waals surface area contributed by atoms with Crippen LogP contribution in [-0.2, 0) is 6.54 Å². The van der Waals surface area contributed by atoms with Crippen molar-refractivity contribution in [3.05, 3.63) is 11.4 Å². The molecule has 0 amide bonds. The number of aryl methyl sites for hydroxylation is 3. The Morgan fingerprint density at radius 2 is 1.70 bits per heavy atom. The van der Waals surface area contributed by atoms with Crippen LogP contribution < -0.4 is 0 Å². The number of hydrogen-bond donors (Lipinski definition) is 0. The van der Waals surface area contributed by atoms with E-state index in [1.54, 1.807) is 4.80 Å². The zero-order valence-corrected chi connectivity index (χ0v) is 6.76. The van der Waals surface area contributed by atoms with Crippen molar-refractivity contribution in [3.8, 4) is 0 Å². The summed E-state index contributed by atoms with van der Waals surface area (Å²) in [5, 5.41) is 8.41. The molecule has 0 aliphatic carbocycles. The van der Waals surface area contributed by atoms with E-state index in [-0.39, 0.29) is 0 Å². The molecule has 0 fully saturated rings. The Hall–Kier alpha value is -0.860. The first-order valence-corrected chi connectivity index (χ1v) is 3.62. The standard InChI is InChI=1S/C7H13N3/c1-4-5-10-8-6(2)7(3)9-10/h4-5H2,1-3H3. The Labute approximate surface area is 61.1 Å². The molecule has 1 aromatic rings. The van der Waals surface area contributed by atoms with E-state index in [4.69, 9.17) is 0 Å².